The molecule has 1 aromatic rings. The van der Waals surface area contributed by atoms with Gasteiger partial charge in [0.2, 0.25) is 5.91 Å². The number of hydrogen-bond donors (Lipinski definition) is 3. The Kier molecular flexibility index (Phi) is 8.80. The van der Waals surface area contributed by atoms with E-state index in [2.05, 4.69) is 50.3 Å². The molecule has 1 saturated heterocycles. The van der Waals surface area contributed by atoms with Crippen molar-refractivity contribution >= 4 is 23.2 Å². The summed E-state index contributed by atoms with van der Waals surface area (Å²) in [5.41, 5.74) is 0. The molecule has 0 bridgehead atoms. The monoisotopic (exact) mass is 419 g/mol. The van der Waals surface area contributed by atoms with E-state index < -0.39 is 0 Å². The van der Waals surface area contributed by atoms with E-state index in [0.29, 0.717) is 25.0 Å². The van der Waals surface area contributed by atoms with Crippen LogP contribution in [0.2, 0.25) is 0 Å². The molecule has 7 heteroatoms. The summed E-state index contributed by atoms with van der Waals surface area (Å²) in [5.74, 6) is 1.73. The first kappa shape index (κ1) is 22.1. The van der Waals surface area contributed by atoms with Gasteiger partial charge in [0, 0.05) is 37.5 Å². The molecule has 0 spiro atoms. The highest BCUT2D eigenvalue weighted by atomic mass is 32.1. The van der Waals surface area contributed by atoms with Crippen LogP contribution in [0.5, 0.6) is 0 Å². The summed E-state index contributed by atoms with van der Waals surface area (Å²) in [6, 6.07) is 5.12. The molecule has 6 nitrogen and oxygen atoms in total. The number of carbonyl (C=O) groups excluding carboxylic acids is 1. The number of guanidine groups is 1. The molecule has 0 radical (unpaired) electrons. The molecule has 1 aliphatic carbocycles. The van der Waals surface area contributed by atoms with E-state index in [0.717, 1.165) is 44.4 Å². The van der Waals surface area contributed by atoms with Crippen molar-refractivity contribution in [1.29, 1.82) is 0 Å². The van der Waals surface area contributed by atoms with E-state index in [4.69, 9.17) is 0 Å². The lowest BCUT2D eigenvalue weighted by Gasteiger charge is -2.36. The summed E-state index contributed by atoms with van der Waals surface area (Å²) in [4.78, 5) is 20.5. The van der Waals surface area contributed by atoms with Crippen molar-refractivity contribution in [1.82, 2.24) is 20.9 Å². The highest BCUT2D eigenvalue weighted by Crippen LogP contribution is 2.29. The molecular weight excluding hydrogens is 382 g/mol. The minimum Gasteiger partial charge on any atom is -0.356 e. The Hall–Kier alpha value is -1.60. The summed E-state index contributed by atoms with van der Waals surface area (Å²) in [7, 11) is 1.79. The number of piperidine rings is 1. The fourth-order valence-electron chi connectivity index (χ4n) is 4.31. The fourth-order valence-corrected chi connectivity index (χ4v) is 5.17. The van der Waals surface area contributed by atoms with Gasteiger partial charge in [0.05, 0.1) is 6.04 Å². The Morgan fingerprint density at radius 2 is 2.00 bits per heavy atom. The third-order valence-electron chi connectivity index (χ3n) is 6.18. The van der Waals surface area contributed by atoms with Gasteiger partial charge in [-0.2, -0.15) is 0 Å². The predicted molar refractivity (Wildman–Crippen MR) is 121 cm³/mol. The molecule has 3 N–H and O–H groups in total. The lowest BCUT2D eigenvalue weighted by molar-refractivity contribution is -0.121. The van der Waals surface area contributed by atoms with E-state index in [-0.39, 0.29) is 5.91 Å². The second-order valence-electron chi connectivity index (χ2n) is 8.43. The van der Waals surface area contributed by atoms with Gasteiger partial charge in [0.25, 0.3) is 0 Å². The average molecular weight is 420 g/mol. The Labute approximate surface area is 179 Å². The molecule has 29 heavy (non-hydrogen) atoms. The van der Waals surface area contributed by atoms with E-state index in [1.807, 2.05) is 11.3 Å². The number of likely N-dealkylation sites (tertiary alicyclic amines) is 1. The number of carbonyl (C=O) groups is 1. The minimum absolute atomic E-state index is 0.138. The zero-order valence-corrected chi connectivity index (χ0v) is 18.8. The van der Waals surface area contributed by atoms with Crippen molar-refractivity contribution in [2.45, 2.75) is 64.0 Å². The van der Waals surface area contributed by atoms with Gasteiger partial charge in [0.15, 0.2) is 5.96 Å². The number of nitrogens with zero attached hydrogens (tertiary/aromatic N) is 2. The average Bonchev–Trinajstić information content (AvgIpc) is 3.42. The number of nitrogens with one attached hydrogen (secondary N) is 3. The molecule has 1 aromatic heterocycles. The summed E-state index contributed by atoms with van der Waals surface area (Å²) < 4.78 is 0. The Bertz CT molecular complexity index is 634. The summed E-state index contributed by atoms with van der Waals surface area (Å²) >= 11 is 1.83. The van der Waals surface area contributed by atoms with Crippen molar-refractivity contribution in [2.75, 3.05) is 33.2 Å². The highest BCUT2D eigenvalue weighted by molar-refractivity contribution is 7.10. The van der Waals surface area contributed by atoms with Gasteiger partial charge in [0.1, 0.15) is 0 Å². The molecule has 1 amide bonds. The van der Waals surface area contributed by atoms with Crippen molar-refractivity contribution in [3.63, 3.8) is 0 Å². The van der Waals surface area contributed by atoms with Gasteiger partial charge in [-0.15, -0.1) is 11.3 Å². The zero-order chi connectivity index (χ0) is 20.5. The van der Waals surface area contributed by atoms with Gasteiger partial charge < -0.3 is 16.0 Å². The Balaban J connectivity index is 1.44. The Morgan fingerprint density at radius 3 is 2.66 bits per heavy atom. The van der Waals surface area contributed by atoms with Gasteiger partial charge >= 0.3 is 0 Å². The number of aliphatic imine (C=N–C) groups is 1. The van der Waals surface area contributed by atoms with E-state index in [1.165, 1.54) is 30.6 Å². The number of amides is 1. The molecule has 3 rings (SSSR count). The van der Waals surface area contributed by atoms with Crippen molar-refractivity contribution in [3.05, 3.63) is 22.4 Å². The molecule has 1 aliphatic heterocycles. The van der Waals surface area contributed by atoms with Gasteiger partial charge in [-0.1, -0.05) is 25.8 Å². The lowest BCUT2D eigenvalue weighted by Crippen LogP contribution is -2.45. The standard InChI is InChI=1S/C22H37N5OS/c1-17-10-13-27(14-11-17)19(20-8-5-15-29-20)16-25-22(23-2)24-12-9-21(28)26-18-6-3-4-7-18/h5,8,15,17-19H,3-4,6-7,9-14,16H2,1-2H3,(H,26,28)(H2,23,24,25). The van der Waals surface area contributed by atoms with E-state index >= 15 is 0 Å². The van der Waals surface area contributed by atoms with Crippen LogP contribution >= 0.6 is 11.3 Å². The first-order chi connectivity index (χ1) is 14.2. The number of thiophene rings is 1. The fraction of sp³-hybridized carbons (Fsp3) is 0.727. The van der Waals surface area contributed by atoms with Crippen LogP contribution in [0.15, 0.2) is 22.5 Å². The molecule has 1 saturated carbocycles. The van der Waals surface area contributed by atoms with Crippen LogP contribution in [0.3, 0.4) is 0 Å². The number of rotatable bonds is 8. The number of hydrogen-bond acceptors (Lipinski definition) is 4. The minimum atomic E-state index is 0.138. The van der Waals surface area contributed by atoms with Crippen LogP contribution in [0, 0.1) is 5.92 Å². The summed E-state index contributed by atoms with van der Waals surface area (Å²) in [6.07, 6.45) is 7.75. The molecular formula is C22H37N5OS. The SMILES string of the molecule is CN=C(NCCC(=O)NC1CCCC1)NCC(c1cccs1)N1CCC(C)CC1. The maximum atomic E-state index is 12.1. The van der Waals surface area contributed by atoms with Crippen LogP contribution < -0.4 is 16.0 Å². The first-order valence-electron chi connectivity index (χ1n) is 11.2. The first-order valence-corrected chi connectivity index (χ1v) is 12.0. The quantitative estimate of drug-likeness (QED) is 0.447. The van der Waals surface area contributed by atoms with Crippen LogP contribution in [-0.4, -0.2) is 56.0 Å². The maximum Gasteiger partial charge on any atom is 0.221 e. The Morgan fingerprint density at radius 1 is 1.24 bits per heavy atom. The third kappa shape index (κ3) is 7.00. The van der Waals surface area contributed by atoms with Crippen LogP contribution in [0.25, 0.3) is 0 Å². The smallest absolute Gasteiger partial charge is 0.221 e. The van der Waals surface area contributed by atoms with Crippen LogP contribution in [0.4, 0.5) is 0 Å². The molecule has 2 aliphatic rings. The molecule has 1 atom stereocenters. The second kappa shape index (κ2) is 11.6. The second-order valence-corrected chi connectivity index (χ2v) is 9.41. The predicted octanol–water partition coefficient (Wildman–Crippen LogP) is 3.14. The van der Waals surface area contributed by atoms with Gasteiger partial charge in [-0.3, -0.25) is 14.7 Å². The zero-order valence-electron chi connectivity index (χ0n) is 18.0. The molecule has 162 valence electrons. The normalized spacial score (nSPS) is 20.6. The van der Waals surface area contributed by atoms with E-state index in [1.54, 1.807) is 7.05 Å². The maximum absolute atomic E-state index is 12.1. The topological polar surface area (TPSA) is 68.8 Å². The summed E-state index contributed by atoms with van der Waals surface area (Å²) in [5, 5.41) is 12.1. The molecule has 0 aromatic carbocycles. The molecule has 2 fully saturated rings. The van der Waals surface area contributed by atoms with Gasteiger partial charge in [-0.05, 0) is 56.1 Å². The summed E-state index contributed by atoms with van der Waals surface area (Å²) in [6.45, 7) is 6.08. The highest BCUT2D eigenvalue weighted by Gasteiger charge is 2.25. The van der Waals surface area contributed by atoms with Crippen molar-refractivity contribution in [3.8, 4) is 0 Å². The van der Waals surface area contributed by atoms with Crippen LogP contribution in [0.1, 0.15) is 62.8 Å². The van der Waals surface area contributed by atoms with E-state index in [9.17, 15) is 4.79 Å². The van der Waals surface area contributed by atoms with Gasteiger partial charge in [-0.25, -0.2) is 0 Å². The van der Waals surface area contributed by atoms with Crippen LogP contribution in [-0.2, 0) is 4.79 Å². The lowest BCUT2D eigenvalue weighted by atomic mass is 9.97. The van der Waals surface area contributed by atoms with Crippen molar-refractivity contribution < 1.29 is 4.79 Å². The third-order valence-corrected chi connectivity index (χ3v) is 7.16. The molecule has 1 unspecified atom stereocenters. The van der Waals surface area contributed by atoms with Crippen molar-refractivity contribution in [2.24, 2.45) is 10.9 Å². The molecule has 2 heterocycles. The largest absolute Gasteiger partial charge is 0.356 e.